The number of amidine groups is 1. The van der Waals surface area contributed by atoms with Gasteiger partial charge in [-0.2, -0.15) is 0 Å². The van der Waals surface area contributed by atoms with Crippen molar-refractivity contribution in [1.82, 2.24) is 5.48 Å². The maximum Gasteiger partial charge on any atom is 0.275 e. The number of hydrogen-bond donors (Lipinski definition) is 4. The van der Waals surface area contributed by atoms with E-state index < -0.39 is 5.91 Å². The minimum atomic E-state index is -0.409. The molecule has 5 N–H and O–H groups in total. The lowest BCUT2D eigenvalue weighted by Crippen LogP contribution is -2.24. The molecule has 4 aromatic rings. The summed E-state index contributed by atoms with van der Waals surface area (Å²) >= 11 is 0. The minimum Gasteiger partial charge on any atom is -0.384 e. The predicted molar refractivity (Wildman–Crippen MR) is 141 cm³/mol. The number of hydroxylamine groups is 1. The maximum atomic E-state index is 13.3. The van der Waals surface area contributed by atoms with Crippen LogP contribution in [0.3, 0.4) is 0 Å². The van der Waals surface area contributed by atoms with E-state index in [1.165, 1.54) is 0 Å². The second kappa shape index (κ2) is 11.1. The number of nitrogens with two attached hydrogens (primary N) is 1. The van der Waals surface area contributed by atoms with Crippen molar-refractivity contribution in [3.05, 3.63) is 125 Å². The van der Waals surface area contributed by atoms with Crippen molar-refractivity contribution in [3.63, 3.8) is 0 Å². The first-order valence-corrected chi connectivity index (χ1v) is 11.3. The molecule has 36 heavy (non-hydrogen) atoms. The Morgan fingerprint density at radius 2 is 1.47 bits per heavy atom. The third-order valence-electron chi connectivity index (χ3n) is 5.58. The number of aryl methyl sites for hydroxylation is 1. The molecule has 0 unspecified atom stereocenters. The zero-order valence-corrected chi connectivity index (χ0v) is 19.7. The molecule has 0 atom stereocenters. The van der Waals surface area contributed by atoms with Gasteiger partial charge in [0, 0.05) is 22.4 Å². The van der Waals surface area contributed by atoms with E-state index in [2.05, 4.69) is 10.8 Å². The summed E-state index contributed by atoms with van der Waals surface area (Å²) in [7, 11) is 0. The van der Waals surface area contributed by atoms with Gasteiger partial charge in [-0.1, -0.05) is 66.2 Å². The van der Waals surface area contributed by atoms with Crippen LogP contribution in [0.25, 0.3) is 11.1 Å². The predicted octanol–water partition coefficient (Wildman–Crippen LogP) is 5.06. The molecule has 180 valence electrons. The minimum absolute atomic E-state index is 0.0449. The molecule has 0 fully saturated rings. The first-order valence-electron chi connectivity index (χ1n) is 11.3. The van der Waals surface area contributed by atoms with Crippen LogP contribution in [0.15, 0.2) is 97.1 Å². The monoisotopic (exact) mass is 478 g/mol. The van der Waals surface area contributed by atoms with Gasteiger partial charge in [0.05, 0.1) is 6.61 Å². The molecule has 0 aliphatic rings. The standard InChI is InChI=1S/C29H26N4O3/c1-19-11-16-24(26(17-19)28(34)32-22-14-12-21(13-15-22)27(30)31)23-9-5-6-10-25(23)29(35)33-36-18-20-7-3-2-4-8-20/h2-17H,18H2,1H3,(H3,30,31)(H,32,34)(H,33,35). The van der Waals surface area contributed by atoms with Gasteiger partial charge in [-0.15, -0.1) is 0 Å². The molecule has 2 amide bonds. The fourth-order valence-corrected chi connectivity index (χ4v) is 3.74. The summed E-state index contributed by atoms with van der Waals surface area (Å²) in [5, 5.41) is 10.4. The highest BCUT2D eigenvalue weighted by molar-refractivity contribution is 6.11. The van der Waals surface area contributed by atoms with E-state index in [0.29, 0.717) is 33.5 Å². The fourth-order valence-electron chi connectivity index (χ4n) is 3.74. The molecule has 0 heterocycles. The van der Waals surface area contributed by atoms with Crippen molar-refractivity contribution in [1.29, 1.82) is 5.41 Å². The van der Waals surface area contributed by atoms with Gasteiger partial charge in [0.15, 0.2) is 0 Å². The van der Waals surface area contributed by atoms with Gasteiger partial charge in [-0.25, -0.2) is 5.48 Å². The Bertz CT molecular complexity index is 1400. The van der Waals surface area contributed by atoms with Crippen LogP contribution in [-0.4, -0.2) is 17.6 Å². The Balaban J connectivity index is 1.58. The quantitative estimate of drug-likeness (QED) is 0.161. The first-order chi connectivity index (χ1) is 17.4. The average Bonchev–Trinajstić information content (AvgIpc) is 2.89. The van der Waals surface area contributed by atoms with Gasteiger partial charge in [0.1, 0.15) is 5.84 Å². The Labute approximate surface area is 209 Å². The molecule has 0 spiro atoms. The Kier molecular flexibility index (Phi) is 7.53. The number of rotatable bonds is 8. The molecule has 4 rings (SSSR count). The van der Waals surface area contributed by atoms with E-state index in [4.69, 9.17) is 16.0 Å². The van der Waals surface area contributed by atoms with E-state index in [1.54, 1.807) is 48.5 Å². The smallest absolute Gasteiger partial charge is 0.275 e. The number of carbonyl (C=O) groups is 2. The molecule has 0 aliphatic heterocycles. The van der Waals surface area contributed by atoms with Gasteiger partial charge in [0.2, 0.25) is 0 Å². The number of amides is 2. The third kappa shape index (κ3) is 5.84. The van der Waals surface area contributed by atoms with E-state index in [0.717, 1.165) is 11.1 Å². The lowest BCUT2D eigenvalue weighted by Gasteiger charge is -2.15. The number of hydrogen-bond acceptors (Lipinski definition) is 4. The fraction of sp³-hybridized carbons (Fsp3) is 0.0690. The normalized spacial score (nSPS) is 10.5. The summed E-state index contributed by atoms with van der Waals surface area (Å²) in [6, 6.07) is 28.8. The van der Waals surface area contributed by atoms with Gasteiger partial charge >= 0.3 is 0 Å². The second-order valence-corrected chi connectivity index (χ2v) is 8.25. The summed E-state index contributed by atoms with van der Waals surface area (Å²) in [5.74, 6) is -0.774. The highest BCUT2D eigenvalue weighted by atomic mass is 16.6. The van der Waals surface area contributed by atoms with Crippen LogP contribution in [-0.2, 0) is 11.4 Å². The number of anilines is 1. The average molecular weight is 479 g/mol. The van der Waals surface area contributed by atoms with Gasteiger partial charge in [0.25, 0.3) is 11.8 Å². The Hall–Kier alpha value is -4.75. The zero-order chi connectivity index (χ0) is 25.5. The van der Waals surface area contributed by atoms with E-state index in [-0.39, 0.29) is 18.3 Å². The van der Waals surface area contributed by atoms with Crippen LogP contribution < -0.4 is 16.5 Å². The van der Waals surface area contributed by atoms with Crippen molar-refractivity contribution < 1.29 is 14.4 Å². The molecule has 0 bridgehead atoms. The molecular weight excluding hydrogens is 452 g/mol. The van der Waals surface area contributed by atoms with Crippen LogP contribution in [0.1, 0.15) is 37.4 Å². The van der Waals surface area contributed by atoms with Crippen molar-refractivity contribution in [3.8, 4) is 11.1 Å². The van der Waals surface area contributed by atoms with Gasteiger partial charge < -0.3 is 11.1 Å². The highest BCUT2D eigenvalue weighted by Crippen LogP contribution is 2.29. The van der Waals surface area contributed by atoms with Crippen LogP contribution >= 0.6 is 0 Å². The first kappa shape index (κ1) is 24.4. The summed E-state index contributed by atoms with van der Waals surface area (Å²) in [5.41, 5.74) is 13.0. The third-order valence-corrected chi connectivity index (χ3v) is 5.58. The molecule has 4 aromatic carbocycles. The summed E-state index contributed by atoms with van der Waals surface area (Å²) in [6.07, 6.45) is 0. The van der Waals surface area contributed by atoms with Crippen molar-refractivity contribution >= 4 is 23.3 Å². The molecule has 0 aromatic heterocycles. The molecule has 7 nitrogen and oxygen atoms in total. The van der Waals surface area contributed by atoms with Gasteiger partial charge in [-0.05, 0) is 60.0 Å². The SMILES string of the molecule is Cc1ccc(-c2ccccc2C(=O)NOCc2ccccc2)c(C(=O)Nc2ccc(C(=N)N)cc2)c1. The Morgan fingerprint density at radius 1 is 0.806 bits per heavy atom. The largest absolute Gasteiger partial charge is 0.384 e. The molecule has 0 saturated carbocycles. The number of nitrogen functional groups attached to an aromatic ring is 1. The highest BCUT2D eigenvalue weighted by Gasteiger charge is 2.19. The van der Waals surface area contributed by atoms with Crippen LogP contribution in [0.5, 0.6) is 0 Å². The molecular formula is C29H26N4O3. The summed E-state index contributed by atoms with van der Waals surface area (Å²) < 4.78 is 0. The maximum absolute atomic E-state index is 13.3. The summed E-state index contributed by atoms with van der Waals surface area (Å²) in [4.78, 5) is 31.7. The second-order valence-electron chi connectivity index (χ2n) is 8.25. The molecule has 0 radical (unpaired) electrons. The number of carbonyl (C=O) groups excluding carboxylic acids is 2. The van der Waals surface area contributed by atoms with E-state index >= 15 is 0 Å². The molecule has 7 heteroatoms. The van der Waals surface area contributed by atoms with Crippen LogP contribution in [0.4, 0.5) is 5.69 Å². The van der Waals surface area contributed by atoms with Crippen molar-refractivity contribution in [2.45, 2.75) is 13.5 Å². The topological polar surface area (TPSA) is 117 Å². The Morgan fingerprint density at radius 3 is 2.19 bits per heavy atom. The van der Waals surface area contributed by atoms with E-state index in [1.807, 2.05) is 55.5 Å². The van der Waals surface area contributed by atoms with Crippen molar-refractivity contribution in [2.24, 2.45) is 5.73 Å². The molecule has 0 saturated heterocycles. The molecule has 0 aliphatic carbocycles. The zero-order valence-electron chi connectivity index (χ0n) is 19.7. The van der Waals surface area contributed by atoms with Crippen LogP contribution in [0.2, 0.25) is 0 Å². The summed E-state index contributed by atoms with van der Waals surface area (Å²) in [6.45, 7) is 2.13. The van der Waals surface area contributed by atoms with E-state index in [9.17, 15) is 9.59 Å². The van der Waals surface area contributed by atoms with Gasteiger partial charge in [-0.3, -0.25) is 19.8 Å². The number of benzene rings is 4. The lowest BCUT2D eigenvalue weighted by molar-refractivity contribution is 0.0234. The van der Waals surface area contributed by atoms with Crippen molar-refractivity contribution in [2.75, 3.05) is 5.32 Å². The number of nitrogens with one attached hydrogen (secondary N) is 3. The lowest BCUT2D eigenvalue weighted by atomic mass is 9.93. The van der Waals surface area contributed by atoms with Crippen LogP contribution in [0, 0.1) is 12.3 Å².